The van der Waals surface area contributed by atoms with Crippen molar-refractivity contribution >= 4 is 49.9 Å². The van der Waals surface area contributed by atoms with Crippen LogP contribution < -0.4 is 4.72 Å². The largest absolute Gasteiger partial charge is 0.461 e. The molecule has 1 heterocycles. The van der Waals surface area contributed by atoms with Gasteiger partial charge in [-0.25, -0.2) is 8.42 Å². The number of hydrogen-bond acceptors (Lipinski definition) is 3. The second-order valence-corrected chi connectivity index (χ2v) is 9.24. The van der Waals surface area contributed by atoms with Crippen LogP contribution in [0.1, 0.15) is 24.7 Å². The van der Waals surface area contributed by atoms with Gasteiger partial charge in [-0.2, -0.15) is 0 Å². The summed E-state index contributed by atoms with van der Waals surface area (Å²) >= 11 is 12.0. The lowest BCUT2D eigenvalue weighted by Gasteiger charge is -2.16. The third-order valence-corrected chi connectivity index (χ3v) is 6.82. The number of furan rings is 1. The summed E-state index contributed by atoms with van der Waals surface area (Å²) in [7, 11) is -3.85. The van der Waals surface area contributed by atoms with Crippen LogP contribution in [0.3, 0.4) is 0 Å². The lowest BCUT2D eigenvalue weighted by Crippen LogP contribution is -2.13. The highest BCUT2D eigenvalue weighted by Gasteiger charge is 2.23. The van der Waals surface area contributed by atoms with E-state index in [2.05, 4.69) is 11.6 Å². The normalized spacial score (nSPS) is 17.3. The molecule has 1 aliphatic carbocycles. The molecule has 0 unspecified atom stereocenters. The molecule has 0 amide bonds. The Labute approximate surface area is 162 Å². The number of sulfonamides is 1. The van der Waals surface area contributed by atoms with Gasteiger partial charge in [0.1, 0.15) is 16.2 Å². The maximum atomic E-state index is 12.7. The van der Waals surface area contributed by atoms with Crippen LogP contribution in [0.4, 0.5) is 5.69 Å². The Balaban J connectivity index is 1.73. The minimum Gasteiger partial charge on any atom is -0.461 e. The van der Waals surface area contributed by atoms with E-state index in [-0.39, 0.29) is 9.92 Å². The van der Waals surface area contributed by atoms with Gasteiger partial charge in [-0.15, -0.1) is 0 Å². The molecule has 0 radical (unpaired) electrons. The van der Waals surface area contributed by atoms with Crippen LogP contribution >= 0.6 is 23.2 Å². The van der Waals surface area contributed by atoms with Crippen LogP contribution in [0, 0.1) is 5.92 Å². The van der Waals surface area contributed by atoms with Gasteiger partial charge < -0.3 is 4.42 Å². The van der Waals surface area contributed by atoms with E-state index in [1.54, 1.807) is 18.2 Å². The molecule has 0 fully saturated rings. The minimum atomic E-state index is -3.85. The Bertz CT molecular complexity index is 1110. The van der Waals surface area contributed by atoms with Gasteiger partial charge in [-0.3, -0.25) is 4.72 Å². The van der Waals surface area contributed by atoms with Crippen molar-refractivity contribution in [2.45, 2.75) is 31.1 Å². The van der Waals surface area contributed by atoms with Crippen LogP contribution in [0.25, 0.3) is 11.0 Å². The fourth-order valence-corrected chi connectivity index (χ4v) is 5.22. The van der Waals surface area contributed by atoms with Crippen molar-refractivity contribution in [3.63, 3.8) is 0 Å². The quantitative estimate of drug-likeness (QED) is 0.606. The van der Waals surface area contributed by atoms with Crippen molar-refractivity contribution in [2.24, 2.45) is 5.92 Å². The predicted molar refractivity (Wildman–Crippen MR) is 105 cm³/mol. The zero-order chi connectivity index (χ0) is 18.5. The highest BCUT2D eigenvalue weighted by Crippen LogP contribution is 2.36. The molecule has 3 aromatic rings. The zero-order valence-corrected chi connectivity index (χ0v) is 16.4. The Morgan fingerprint density at radius 2 is 1.96 bits per heavy atom. The summed E-state index contributed by atoms with van der Waals surface area (Å²) in [5, 5.41) is 1.39. The number of hydrogen-bond donors (Lipinski definition) is 1. The molecule has 7 heteroatoms. The molecule has 4 rings (SSSR count). The number of halogens is 2. The first-order valence-electron chi connectivity index (χ1n) is 8.35. The third kappa shape index (κ3) is 3.20. The lowest BCUT2D eigenvalue weighted by molar-refractivity contribution is 0.438. The molecule has 0 saturated heterocycles. The predicted octanol–water partition coefficient (Wildman–Crippen LogP) is 5.67. The van der Waals surface area contributed by atoms with Gasteiger partial charge in [0, 0.05) is 28.1 Å². The first kappa shape index (κ1) is 17.7. The molecule has 4 nitrogen and oxygen atoms in total. The Kier molecular flexibility index (Phi) is 4.41. The zero-order valence-electron chi connectivity index (χ0n) is 14.1. The molecule has 1 atom stereocenters. The molecule has 1 aromatic heterocycles. The van der Waals surface area contributed by atoms with Gasteiger partial charge in [-0.1, -0.05) is 30.1 Å². The average molecular weight is 410 g/mol. The molecule has 0 aliphatic heterocycles. The lowest BCUT2D eigenvalue weighted by atomic mass is 9.88. The van der Waals surface area contributed by atoms with E-state index in [1.165, 1.54) is 17.7 Å². The van der Waals surface area contributed by atoms with E-state index in [0.29, 0.717) is 16.6 Å². The molecule has 0 saturated carbocycles. The van der Waals surface area contributed by atoms with Crippen molar-refractivity contribution in [3.05, 3.63) is 57.8 Å². The molecule has 0 spiro atoms. The fraction of sp³-hybridized carbons (Fsp3) is 0.263. The Hall–Kier alpha value is -1.69. The molecule has 26 heavy (non-hydrogen) atoms. The van der Waals surface area contributed by atoms with Crippen LogP contribution in [0.2, 0.25) is 10.0 Å². The topological polar surface area (TPSA) is 59.3 Å². The first-order chi connectivity index (χ1) is 12.3. The monoisotopic (exact) mass is 409 g/mol. The Morgan fingerprint density at radius 3 is 2.77 bits per heavy atom. The third-order valence-electron chi connectivity index (χ3n) is 4.73. The summed E-state index contributed by atoms with van der Waals surface area (Å²) in [5.41, 5.74) is 2.43. The summed E-state index contributed by atoms with van der Waals surface area (Å²) < 4.78 is 33.9. The molecule has 136 valence electrons. The summed E-state index contributed by atoms with van der Waals surface area (Å²) in [5.74, 6) is 1.60. The molecule has 1 N–H and O–H groups in total. The molecule has 1 aliphatic rings. The van der Waals surface area contributed by atoms with Crippen molar-refractivity contribution in [2.75, 3.05) is 4.72 Å². The second kappa shape index (κ2) is 6.48. The molecule has 2 aromatic carbocycles. The second-order valence-electron chi connectivity index (χ2n) is 6.74. The standard InChI is InChI=1S/C19H17Cl2NO3S/c1-11-2-6-17-14(8-11)15-10-13(4-7-18(15)25-17)22-26(23,24)19-9-12(20)3-5-16(19)21/h3-5,7,9-11,22H,2,6,8H2,1H3/t11-/m0/s1. The van der Waals surface area contributed by atoms with E-state index < -0.39 is 10.0 Å². The minimum absolute atomic E-state index is 0.0467. The van der Waals surface area contributed by atoms with Gasteiger partial charge in [0.05, 0.1) is 5.02 Å². The Morgan fingerprint density at radius 1 is 1.15 bits per heavy atom. The number of aryl methyl sites for hydroxylation is 1. The number of rotatable bonds is 3. The van der Waals surface area contributed by atoms with Crippen molar-refractivity contribution in [1.29, 1.82) is 0 Å². The number of anilines is 1. The maximum absolute atomic E-state index is 12.7. The smallest absolute Gasteiger partial charge is 0.263 e. The van der Waals surface area contributed by atoms with Gasteiger partial charge in [-0.05, 0) is 55.2 Å². The van der Waals surface area contributed by atoms with E-state index in [9.17, 15) is 8.42 Å². The molecule has 0 bridgehead atoms. The summed E-state index contributed by atoms with van der Waals surface area (Å²) in [4.78, 5) is -0.0467. The van der Waals surface area contributed by atoms with Gasteiger partial charge in [0.25, 0.3) is 10.0 Å². The molecular formula is C19H17Cl2NO3S. The fourth-order valence-electron chi connectivity index (χ4n) is 3.41. The summed E-state index contributed by atoms with van der Waals surface area (Å²) in [6.45, 7) is 2.22. The van der Waals surface area contributed by atoms with E-state index in [0.717, 1.165) is 36.0 Å². The van der Waals surface area contributed by atoms with Crippen LogP contribution in [0.5, 0.6) is 0 Å². The maximum Gasteiger partial charge on any atom is 0.263 e. The van der Waals surface area contributed by atoms with E-state index >= 15 is 0 Å². The highest BCUT2D eigenvalue weighted by molar-refractivity contribution is 7.92. The summed E-state index contributed by atoms with van der Waals surface area (Å²) in [6, 6.07) is 9.67. The van der Waals surface area contributed by atoms with Crippen LogP contribution in [-0.4, -0.2) is 8.42 Å². The summed E-state index contributed by atoms with van der Waals surface area (Å²) in [6.07, 6.45) is 2.97. The number of fused-ring (bicyclic) bond motifs is 3. The van der Waals surface area contributed by atoms with Crippen molar-refractivity contribution in [3.8, 4) is 0 Å². The van der Waals surface area contributed by atoms with Gasteiger partial charge in [0.15, 0.2) is 0 Å². The van der Waals surface area contributed by atoms with Crippen molar-refractivity contribution < 1.29 is 12.8 Å². The van der Waals surface area contributed by atoms with Gasteiger partial charge >= 0.3 is 0 Å². The average Bonchev–Trinajstić information content (AvgIpc) is 2.94. The van der Waals surface area contributed by atoms with Crippen LogP contribution in [-0.2, 0) is 22.9 Å². The van der Waals surface area contributed by atoms with Gasteiger partial charge in [0.2, 0.25) is 0 Å². The van der Waals surface area contributed by atoms with Crippen LogP contribution in [0.15, 0.2) is 45.7 Å². The number of nitrogens with one attached hydrogen (secondary N) is 1. The SMILES string of the molecule is C[C@H]1CCc2oc3ccc(NS(=O)(=O)c4cc(Cl)ccc4Cl)cc3c2C1. The van der Waals surface area contributed by atoms with E-state index in [4.69, 9.17) is 27.6 Å². The number of benzene rings is 2. The van der Waals surface area contributed by atoms with Crippen molar-refractivity contribution in [1.82, 2.24) is 0 Å². The molecular weight excluding hydrogens is 393 g/mol. The highest BCUT2D eigenvalue weighted by atomic mass is 35.5. The van der Waals surface area contributed by atoms with E-state index in [1.807, 2.05) is 6.07 Å². The first-order valence-corrected chi connectivity index (χ1v) is 10.6.